The van der Waals surface area contributed by atoms with Gasteiger partial charge >= 0.3 is 0 Å². The molecule has 0 unspecified atom stereocenters. The Morgan fingerprint density at radius 3 is 2.29 bits per heavy atom. The van der Waals surface area contributed by atoms with Gasteiger partial charge in [-0.05, 0) is 43.3 Å². The fourth-order valence-electron chi connectivity index (χ4n) is 1.45. The normalized spacial score (nSPS) is 9.94. The van der Waals surface area contributed by atoms with Gasteiger partial charge in [0.25, 0.3) is 0 Å². The van der Waals surface area contributed by atoms with Crippen LogP contribution in [-0.4, -0.2) is 5.11 Å². The fraction of sp³-hybridized carbons (Fsp3) is 0.0714. The van der Waals surface area contributed by atoms with Crippen molar-refractivity contribution in [1.29, 1.82) is 0 Å². The Morgan fingerprint density at radius 2 is 1.59 bits per heavy atom. The molecule has 0 spiro atoms. The van der Waals surface area contributed by atoms with E-state index in [0.29, 0.717) is 5.69 Å². The number of rotatable bonds is 2. The van der Waals surface area contributed by atoms with Crippen molar-refractivity contribution < 1.29 is 5.11 Å². The molecule has 0 radical (unpaired) electrons. The van der Waals surface area contributed by atoms with Crippen LogP contribution >= 0.6 is 0 Å². The first-order chi connectivity index (χ1) is 8.15. The zero-order valence-corrected chi connectivity index (χ0v) is 9.47. The molecule has 0 saturated heterocycles. The number of hydrogen-bond donors (Lipinski definition) is 2. The van der Waals surface area contributed by atoms with Crippen molar-refractivity contribution in [2.24, 2.45) is 0 Å². The summed E-state index contributed by atoms with van der Waals surface area (Å²) in [7, 11) is 0. The molecule has 2 N–H and O–H groups in total. The maximum Gasteiger partial charge on any atom is 0.201 e. The summed E-state index contributed by atoms with van der Waals surface area (Å²) in [6.07, 6.45) is 0. The van der Waals surface area contributed by atoms with Crippen molar-refractivity contribution in [3.05, 3.63) is 64.3 Å². The summed E-state index contributed by atoms with van der Waals surface area (Å²) in [5, 5.41) is 12.2. The molecule has 0 bridgehead atoms. The van der Waals surface area contributed by atoms with E-state index in [1.165, 1.54) is 6.07 Å². The molecule has 0 aromatic heterocycles. The monoisotopic (exact) mass is 227 g/mol. The van der Waals surface area contributed by atoms with E-state index in [2.05, 4.69) is 5.32 Å². The Bertz CT molecular complexity index is 576. The standard InChI is InChI=1S/C14H13NO2/c1-10-2-8-13(14(17)9-3-10)15-11-4-6-12(16)7-5-11/h2-9,16H,1H3,(H,15,17). The molecule has 86 valence electrons. The molecule has 0 heterocycles. The van der Waals surface area contributed by atoms with Crippen LogP contribution in [0.15, 0.2) is 53.3 Å². The number of phenolic OH excluding ortho intramolecular Hbond substituents is 1. The molecule has 0 amide bonds. The highest BCUT2D eigenvalue weighted by Crippen LogP contribution is 2.16. The van der Waals surface area contributed by atoms with Gasteiger partial charge in [0.15, 0.2) is 0 Å². The third-order valence-corrected chi connectivity index (χ3v) is 2.42. The first kappa shape index (κ1) is 11.2. The topological polar surface area (TPSA) is 49.3 Å². The zero-order chi connectivity index (χ0) is 12.3. The second kappa shape index (κ2) is 4.70. The van der Waals surface area contributed by atoms with Crippen molar-refractivity contribution in [1.82, 2.24) is 0 Å². The highest BCUT2D eigenvalue weighted by atomic mass is 16.3. The van der Waals surface area contributed by atoms with E-state index in [1.807, 2.05) is 13.0 Å². The van der Waals surface area contributed by atoms with Crippen LogP contribution in [-0.2, 0) is 0 Å². The summed E-state index contributed by atoms with van der Waals surface area (Å²) in [5.41, 5.74) is 2.25. The first-order valence-corrected chi connectivity index (χ1v) is 5.32. The molecule has 0 saturated carbocycles. The minimum atomic E-state index is -0.0637. The summed E-state index contributed by atoms with van der Waals surface area (Å²) >= 11 is 0. The zero-order valence-electron chi connectivity index (χ0n) is 9.47. The second-order valence-corrected chi connectivity index (χ2v) is 3.86. The van der Waals surface area contributed by atoms with Crippen molar-refractivity contribution >= 4 is 11.4 Å². The third-order valence-electron chi connectivity index (χ3n) is 2.42. The van der Waals surface area contributed by atoms with Gasteiger partial charge in [-0.3, -0.25) is 4.79 Å². The Morgan fingerprint density at radius 1 is 0.941 bits per heavy atom. The quantitative estimate of drug-likeness (QED) is 0.775. The van der Waals surface area contributed by atoms with Gasteiger partial charge in [-0.1, -0.05) is 17.7 Å². The Labute approximate surface area is 99.4 Å². The predicted octanol–water partition coefficient (Wildman–Crippen LogP) is 2.80. The van der Waals surface area contributed by atoms with Crippen molar-refractivity contribution in [2.45, 2.75) is 6.92 Å². The average molecular weight is 227 g/mol. The van der Waals surface area contributed by atoms with Crippen molar-refractivity contribution in [2.75, 3.05) is 5.32 Å². The molecule has 0 aliphatic heterocycles. The number of anilines is 2. The summed E-state index contributed by atoms with van der Waals surface area (Å²) < 4.78 is 0. The number of nitrogens with one attached hydrogen (secondary N) is 1. The lowest BCUT2D eigenvalue weighted by Crippen LogP contribution is -2.03. The molecule has 0 atom stereocenters. The lowest BCUT2D eigenvalue weighted by molar-refractivity contribution is 0.475. The molecule has 17 heavy (non-hydrogen) atoms. The summed E-state index contributed by atoms with van der Waals surface area (Å²) in [5.74, 6) is 0.201. The summed E-state index contributed by atoms with van der Waals surface area (Å²) in [6.45, 7) is 1.93. The van der Waals surface area contributed by atoms with E-state index in [1.54, 1.807) is 36.4 Å². The van der Waals surface area contributed by atoms with Gasteiger partial charge in [-0.15, -0.1) is 0 Å². The molecule has 3 nitrogen and oxygen atoms in total. The summed E-state index contributed by atoms with van der Waals surface area (Å²) in [6, 6.07) is 13.5. The lowest BCUT2D eigenvalue weighted by atomic mass is 10.3. The van der Waals surface area contributed by atoms with Gasteiger partial charge < -0.3 is 10.4 Å². The predicted molar refractivity (Wildman–Crippen MR) is 68.8 cm³/mol. The number of benzene rings is 1. The van der Waals surface area contributed by atoms with Crippen LogP contribution in [0.5, 0.6) is 5.75 Å². The van der Waals surface area contributed by atoms with E-state index in [9.17, 15) is 4.79 Å². The van der Waals surface area contributed by atoms with Crippen LogP contribution in [0.4, 0.5) is 11.4 Å². The molecule has 3 heteroatoms. The van der Waals surface area contributed by atoms with Crippen LogP contribution in [0.3, 0.4) is 0 Å². The second-order valence-electron chi connectivity index (χ2n) is 3.86. The van der Waals surface area contributed by atoms with Crippen LogP contribution in [0, 0.1) is 6.92 Å². The lowest BCUT2D eigenvalue weighted by Gasteiger charge is -2.03. The maximum atomic E-state index is 11.7. The fourth-order valence-corrected chi connectivity index (χ4v) is 1.45. The van der Waals surface area contributed by atoms with Gasteiger partial charge in [0, 0.05) is 5.69 Å². The first-order valence-electron chi connectivity index (χ1n) is 5.32. The Kier molecular flexibility index (Phi) is 3.10. The number of phenols is 1. The molecule has 0 aliphatic rings. The minimum absolute atomic E-state index is 0.0637. The van der Waals surface area contributed by atoms with E-state index < -0.39 is 0 Å². The molecule has 0 aliphatic carbocycles. The maximum absolute atomic E-state index is 11.7. The molecular formula is C14H13NO2. The average Bonchev–Trinajstić information content (AvgIpc) is 2.47. The molecule has 0 fully saturated rings. The van der Waals surface area contributed by atoms with Gasteiger partial charge in [0.2, 0.25) is 5.43 Å². The smallest absolute Gasteiger partial charge is 0.201 e. The van der Waals surface area contributed by atoms with E-state index in [0.717, 1.165) is 11.3 Å². The number of aromatic hydroxyl groups is 1. The van der Waals surface area contributed by atoms with Crippen molar-refractivity contribution in [3.63, 3.8) is 0 Å². The van der Waals surface area contributed by atoms with Gasteiger partial charge in [0.05, 0.1) is 5.69 Å². The van der Waals surface area contributed by atoms with Crippen LogP contribution < -0.4 is 10.7 Å². The van der Waals surface area contributed by atoms with Crippen molar-refractivity contribution in [3.8, 4) is 5.75 Å². The molecular weight excluding hydrogens is 214 g/mol. The highest BCUT2D eigenvalue weighted by Gasteiger charge is 1.98. The highest BCUT2D eigenvalue weighted by molar-refractivity contribution is 5.59. The SMILES string of the molecule is Cc1ccc(Nc2ccc(O)cc2)c(=O)cc1. The van der Waals surface area contributed by atoms with Crippen LogP contribution in [0.2, 0.25) is 0 Å². The summed E-state index contributed by atoms with van der Waals surface area (Å²) in [4.78, 5) is 11.7. The van der Waals surface area contributed by atoms with E-state index in [4.69, 9.17) is 5.11 Å². The van der Waals surface area contributed by atoms with E-state index >= 15 is 0 Å². The molecule has 2 rings (SSSR count). The van der Waals surface area contributed by atoms with Gasteiger partial charge in [-0.2, -0.15) is 0 Å². The third kappa shape index (κ3) is 2.84. The Balaban J connectivity index is 2.34. The van der Waals surface area contributed by atoms with Crippen LogP contribution in [0.1, 0.15) is 5.56 Å². The van der Waals surface area contributed by atoms with Crippen LogP contribution in [0.25, 0.3) is 0 Å². The molecule has 2 aromatic carbocycles. The Hall–Kier alpha value is -2.29. The molecule has 2 aromatic rings. The number of hydrogen-bond acceptors (Lipinski definition) is 3. The van der Waals surface area contributed by atoms with E-state index in [-0.39, 0.29) is 11.2 Å². The minimum Gasteiger partial charge on any atom is -0.508 e. The number of aryl methyl sites for hydroxylation is 1. The largest absolute Gasteiger partial charge is 0.508 e. The van der Waals surface area contributed by atoms with Gasteiger partial charge in [-0.25, -0.2) is 0 Å². The van der Waals surface area contributed by atoms with Gasteiger partial charge in [0.1, 0.15) is 5.75 Å².